The van der Waals surface area contributed by atoms with Gasteiger partial charge in [-0.15, -0.1) is 0 Å². The van der Waals surface area contributed by atoms with E-state index in [1.54, 1.807) is 0 Å². The van der Waals surface area contributed by atoms with Crippen molar-refractivity contribution >= 4 is 5.91 Å². The number of hydrogen-bond donors (Lipinski definition) is 2. The van der Waals surface area contributed by atoms with E-state index >= 15 is 0 Å². The molecule has 0 saturated carbocycles. The van der Waals surface area contributed by atoms with Crippen LogP contribution in [0.5, 0.6) is 0 Å². The van der Waals surface area contributed by atoms with Crippen molar-refractivity contribution in [1.29, 1.82) is 0 Å². The topological polar surface area (TPSA) is 44.4 Å². The summed E-state index contributed by atoms with van der Waals surface area (Å²) in [6.45, 7) is 3.24. The molecule has 2 N–H and O–H groups in total. The SMILES string of the molecule is O=C(NCc1ccc(CN2CCCC2)cc1)C1CC(F)(F)CN1. The van der Waals surface area contributed by atoms with Crippen molar-refractivity contribution in [2.24, 2.45) is 0 Å². The van der Waals surface area contributed by atoms with Gasteiger partial charge in [0.2, 0.25) is 5.91 Å². The molecule has 23 heavy (non-hydrogen) atoms. The van der Waals surface area contributed by atoms with E-state index in [4.69, 9.17) is 0 Å². The molecule has 3 rings (SSSR count). The summed E-state index contributed by atoms with van der Waals surface area (Å²) >= 11 is 0. The number of alkyl halides is 2. The maximum absolute atomic E-state index is 13.1. The zero-order chi connectivity index (χ0) is 16.3. The summed E-state index contributed by atoms with van der Waals surface area (Å²) in [5, 5.41) is 5.29. The van der Waals surface area contributed by atoms with Crippen LogP contribution >= 0.6 is 0 Å². The zero-order valence-corrected chi connectivity index (χ0v) is 13.2. The number of hydrogen-bond acceptors (Lipinski definition) is 3. The molecule has 0 aliphatic carbocycles. The molecule has 0 bridgehead atoms. The van der Waals surface area contributed by atoms with Gasteiger partial charge in [-0.3, -0.25) is 15.0 Å². The van der Waals surface area contributed by atoms with E-state index in [0.717, 1.165) is 25.2 Å². The van der Waals surface area contributed by atoms with Crippen LogP contribution < -0.4 is 10.6 Å². The number of halogens is 2. The summed E-state index contributed by atoms with van der Waals surface area (Å²) in [5.74, 6) is -3.14. The number of carbonyl (C=O) groups is 1. The molecule has 2 fully saturated rings. The molecule has 1 aromatic rings. The molecule has 2 saturated heterocycles. The summed E-state index contributed by atoms with van der Waals surface area (Å²) < 4.78 is 26.2. The van der Waals surface area contributed by atoms with Crippen molar-refractivity contribution < 1.29 is 13.6 Å². The quantitative estimate of drug-likeness (QED) is 0.870. The third kappa shape index (κ3) is 4.48. The van der Waals surface area contributed by atoms with Crippen LogP contribution in [0.2, 0.25) is 0 Å². The van der Waals surface area contributed by atoms with E-state index in [1.807, 2.05) is 12.1 Å². The van der Waals surface area contributed by atoms with Gasteiger partial charge >= 0.3 is 0 Å². The Morgan fingerprint density at radius 1 is 1.22 bits per heavy atom. The first-order valence-electron chi connectivity index (χ1n) is 8.21. The van der Waals surface area contributed by atoms with Crippen LogP contribution in [-0.2, 0) is 17.9 Å². The van der Waals surface area contributed by atoms with Gasteiger partial charge in [0.05, 0.1) is 12.6 Å². The molecule has 1 amide bonds. The first-order valence-corrected chi connectivity index (χ1v) is 8.21. The van der Waals surface area contributed by atoms with Crippen LogP contribution in [0.25, 0.3) is 0 Å². The lowest BCUT2D eigenvalue weighted by molar-refractivity contribution is -0.123. The molecular weight excluding hydrogens is 300 g/mol. The Bertz CT molecular complexity index is 541. The lowest BCUT2D eigenvalue weighted by Gasteiger charge is -2.15. The van der Waals surface area contributed by atoms with E-state index in [2.05, 4.69) is 27.7 Å². The molecule has 2 heterocycles. The normalized spacial score (nSPS) is 24.0. The van der Waals surface area contributed by atoms with Crippen molar-refractivity contribution in [1.82, 2.24) is 15.5 Å². The van der Waals surface area contributed by atoms with Crippen molar-refractivity contribution in [3.05, 3.63) is 35.4 Å². The molecule has 126 valence electrons. The first-order chi connectivity index (χ1) is 11.0. The van der Waals surface area contributed by atoms with Crippen LogP contribution in [0.15, 0.2) is 24.3 Å². The number of likely N-dealkylation sites (tertiary alicyclic amines) is 1. The van der Waals surface area contributed by atoms with Crippen molar-refractivity contribution in [2.75, 3.05) is 19.6 Å². The number of carbonyl (C=O) groups excluding carboxylic acids is 1. The number of nitrogens with one attached hydrogen (secondary N) is 2. The average Bonchev–Trinajstić information content (AvgIpc) is 3.15. The molecule has 4 nitrogen and oxygen atoms in total. The van der Waals surface area contributed by atoms with Crippen molar-refractivity contribution in [2.45, 2.75) is 44.3 Å². The summed E-state index contributed by atoms with van der Waals surface area (Å²) in [5.41, 5.74) is 2.24. The molecule has 0 spiro atoms. The standard InChI is InChI=1S/C17H23F2N3O/c18-17(19)9-15(21-12-17)16(23)20-10-13-3-5-14(6-4-13)11-22-7-1-2-8-22/h3-6,15,21H,1-2,7-12H2,(H,20,23). The predicted molar refractivity (Wildman–Crippen MR) is 84.2 cm³/mol. The minimum Gasteiger partial charge on any atom is -0.351 e. The highest BCUT2D eigenvalue weighted by molar-refractivity contribution is 5.82. The molecule has 1 atom stereocenters. The van der Waals surface area contributed by atoms with Crippen molar-refractivity contribution in [3.8, 4) is 0 Å². The zero-order valence-electron chi connectivity index (χ0n) is 13.2. The third-order valence-corrected chi connectivity index (χ3v) is 4.52. The molecule has 1 aromatic carbocycles. The fourth-order valence-electron chi connectivity index (χ4n) is 3.17. The Labute approximate surface area is 135 Å². The fraction of sp³-hybridized carbons (Fsp3) is 0.588. The Hall–Kier alpha value is -1.53. The Balaban J connectivity index is 1.45. The van der Waals surface area contributed by atoms with Gasteiger partial charge < -0.3 is 5.32 Å². The summed E-state index contributed by atoms with van der Waals surface area (Å²) in [7, 11) is 0. The minimum atomic E-state index is -2.78. The van der Waals surface area contributed by atoms with Crippen LogP contribution in [0.4, 0.5) is 8.78 Å². The fourth-order valence-corrected chi connectivity index (χ4v) is 3.17. The van der Waals surface area contributed by atoms with E-state index in [1.165, 1.54) is 18.4 Å². The van der Waals surface area contributed by atoms with Crippen LogP contribution in [0, 0.1) is 0 Å². The number of rotatable bonds is 5. The van der Waals surface area contributed by atoms with Gasteiger partial charge in [-0.2, -0.15) is 0 Å². The summed E-state index contributed by atoms with van der Waals surface area (Å²) in [4.78, 5) is 14.3. The van der Waals surface area contributed by atoms with Gasteiger partial charge in [0.15, 0.2) is 0 Å². The van der Waals surface area contributed by atoms with Gasteiger partial charge in [-0.25, -0.2) is 8.78 Å². The van der Waals surface area contributed by atoms with Gasteiger partial charge in [-0.1, -0.05) is 24.3 Å². The Kier molecular flexibility index (Phi) is 4.92. The summed E-state index contributed by atoms with van der Waals surface area (Å²) in [6.07, 6.45) is 2.13. The molecule has 6 heteroatoms. The van der Waals surface area contributed by atoms with Crippen LogP contribution in [0.3, 0.4) is 0 Å². The maximum Gasteiger partial charge on any atom is 0.262 e. The lowest BCUT2D eigenvalue weighted by atomic mass is 10.1. The molecule has 2 aliphatic rings. The second-order valence-electron chi connectivity index (χ2n) is 6.51. The second kappa shape index (κ2) is 6.93. The predicted octanol–water partition coefficient (Wildman–Crippen LogP) is 1.90. The molecule has 2 aliphatic heterocycles. The smallest absolute Gasteiger partial charge is 0.262 e. The first kappa shape index (κ1) is 16.3. The van der Waals surface area contributed by atoms with E-state index in [0.29, 0.717) is 6.54 Å². The maximum atomic E-state index is 13.1. The van der Waals surface area contributed by atoms with Crippen molar-refractivity contribution in [3.63, 3.8) is 0 Å². The van der Waals surface area contributed by atoms with E-state index in [-0.39, 0.29) is 5.91 Å². The van der Waals surface area contributed by atoms with Crippen LogP contribution in [-0.4, -0.2) is 42.4 Å². The van der Waals surface area contributed by atoms with Crippen LogP contribution in [0.1, 0.15) is 30.4 Å². The van der Waals surface area contributed by atoms with Gasteiger partial charge in [0.25, 0.3) is 5.92 Å². The Morgan fingerprint density at radius 3 is 2.48 bits per heavy atom. The highest BCUT2D eigenvalue weighted by Gasteiger charge is 2.42. The summed E-state index contributed by atoms with van der Waals surface area (Å²) in [6, 6.07) is 7.33. The number of benzene rings is 1. The van der Waals surface area contributed by atoms with E-state index in [9.17, 15) is 13.6 Å². The number of nitrogens with zero attached hydrogens (tertiary/aromatic N) is 1. The second-order valence-corrected chi connectivity index (χ2v) is 6.51. The van der Waals surface area contributed by atoms with Gasteiger partial charge in [0, 0.05) is 19.5 Å². The minimum absolute atomic E-state index is 0.358. The average molecular weight is 323 g/mol. The molecule has 0 radical (unpaired) electrons. The molecule has 0 aromatic heterocycles. The largest absolute Gasteiger partial charge is 0.351 e. The van der Waals surface area contributed by atoms with Gasteiger partial charge in [-0.05, 0) is 37.1 Å². The third-order valence-electron chi connectivity index (χ3n) is 4.52. The number of amides is 1. The van der Waals surface area contributed by atoms with E-state index < -0.39 is 24.9 Å². The monoisotopic (exact) mass is 323 g/mol. The lowest BCUT2D eigenvalue weighted by Crippen LogP contribution is -2.40. The highest BCUT2D eigenvalue weighted by atomic mass is 19.3. The highest BCUT2D eigenvalue weighted by Crippen LogP contribution is 2.25. The Morgan fingerprint density at radius 2 is 1.87 bits per heavy atom. The molecule has 1 unspecified atom stereocenters. The van der Waals surface area contributed by atoms with Gasteiger partial charge in [0.1, 0.15) is 0 Å². The molecular formula is C17H23F2N3O.